The number of benzene rings is 2. The van der Waals surface area contributed by atoms with E-state index < -0.39 is 6.10 Å². The summed E-state index contributed by atoms with van der Waals surface area (Å²) in [6.07, 6.45) is -0.520. The van der Waals surface area contributed by atoms with Gasteiger partial charge in [-0.1, -0.05) is 38.1 Å². The maximum Gasteiger partial charge on any atom is 0.127 e. The van der Waals surface area contributed by atoms with Gasteiger partial charge >= 0.3 is 0 Å². The van der Waals surface area contributed by atoms with Gasteiger partial charge in [-0.05, 0) is 26.0 Å². The van der Waals surface area contributed by atoms with E-state index >= 15 is 0 Å². The fraction of sp³-hybridized carbons (Fsp3) is 0.500. The predicted molar refractivity (Wildman–Crippen MR) is 102 cm³/mol. The van der Waals surface area contributed by atoms with Crippen LogP contribution in [0.25, 0.3) is 10.8 Å². The van der Waals surface area contributed by atoms with Gasteiger partial charge < -0.3 is 20.1 Å². The molecule has 0 aliphatic rings. The topological polar surface area (TPSA) is 44.7 Å². The SMILES string of the molecule is CCN(CC)c1ccc(OC[C@H](O)CNC(C)C)c2ccccc12. The lowest BCUT2D eigenvalue weighted by atomic mass is 10.1. The monoisotopic (exact) mass is 330 g/mol. The zero-order valence-corrected chi connectivity index (χ0v) is 15.2. The maximum absolute atomic E-state index is 10.1. The number of aliphatic hydroxyl groups excluding tert-OH is 1. The minimum Gasteiger partial charge on any atom is -0.490 e. The summed E-state index contributed by atoms with van der Waals surface area (Å²) in [4.78, 5) is 2.34. The molecular formula is C20H30N2O2. The van der Waals surface area contributed by atoms with E-state index in [2.05, 4.69) is 62.2 Å². The minimum absolute atomic E-state index is 0.286. The molecule has 0 radical (unpaired) electrons. The Balaban J connectivity index is 2.18. The van der Waals surface area contributed by atoms with E-state index in [0.29, 0.717) is 12.6 Å². The quantitative estimate of drug-likeness (QED) is 0.739. The number of hydrogen-bond acceptors (Lipinski definition) is 4. The summed E-state index contributed by atoms with van der Waals surface area (Å²) in [5.74, 6) is 0.824. The Morgan fingerprint density at radius 1 is 1.04 bits per heavy atom. The number of hydrogen-bond donors (Lipinski definition) is 2. The lowest BCUT2D eigenvalue weighted by Crippen LogP contribution is -2.35. The summed E-state index contributed by atoms with van der Waals surface area (Å²) in [5, 5.41) is 15.6. The number of nitrogens with zero attached hydrogens (tertiary/aromatic N) is 1. The second-order valence-electron chi connectivity index (χ2n) is 6.33. The summed E-state index contributed by atoms with van der Waals surface area (Å²) in [7, 11) is 0. The van der Waals surface area contributed by atoms with E-state index in [1.807, 2.05) is 12.1 Å². The molecule has 24 heavy (non-hydrogen) atoms. The standard InChI is InChI=1S/C20H30N2O2/c1-5-22(6-2)19-11-12-20(18-10-8-7-9-17(18)19)24-14-16(23)13-21-15(3)4/h7-12,15-16,21,23H,5-6,13-14H2,1-4H3/t16-/m1/s1. The van der Waals surface area contributed by atoms with Crippen molar-refractivity contribution in [2.45, 2.75) is 39.8 Å². The molecule has 0 saturated heterocycles. The predicted octanol–water partition coefficient (Wildman–Crippen LogP) is 3.42. The highest BCUT2D eigenvalue weighted by Crippen LogP contribution is 2.33. The van der Waals surface area contributed by atoms with Crippen LogP contribution in [0.3, 0.4) is 0 Å². The van der Waals surface area contributed by atoms with Crippen molar-refractivity contribution in [1.82, 2.24) is 5.32 Å². The normalized spacial score (nSPS) is 12.6. The van der Waals surface area contributed by atoms with Gasteiger partial charge in [0.05, 0.1) is 0 Å². The van der Waals surface area contributed by atoms with E-state index in [-0.39, 0.29) is 6.61 Å². The summed E-state index contributed by atoms with van der Waals surface area (Å²) in [6.45, 7) is 11.2. The smallest absolute Gasteiger partial charge is 0.127 e. The van der Waals surface area contributed by atoms with Crippen molar-refractivity contribution < 1.29 is 9.84 Å². The number of anilines is 1. The first-order chi connectivity index (χ1) is 11.6. The van der Waals surface area contributed by atoms with E-state index in [1.165, 1.54) is 11.1 Å². The largest absolute Gasteiger partial charge is 0.490 e. The molecule has 0 fully saturated rings. The number of fused-ring (bicyclic) bond motifs is 1. The Morgan fingerprint density at radius 2 is 1.71 bits per heavy atom. The average molecular weight is 330 g/mol. The molecule has 0 unspecified atom stereocenters. The van der Waals surface area contributed by atoms with Crippen LogP contribution in [0.15, 0.2) is 36.4 Å². The van der Waals surface area contributed by atoms with Gasteiger partial charge in [-0.25, -0.2) is 0 Å². The molecule has 2 aromatic carbocycles. The molecule has 2 aromatic rings. The lowest BCUT2D eigenvalue weighted by molar-refractivity contribution is 0.105. The van der Waals surface area contributed by atoms with E-state index in [0.717, 1.165) is 24.2 Å². The molecule has 2 N–H and O–H groups in total. The average Bonchev–Trinajstić information content (AvgIpc) is 2.60. The van der Waals surface area contributed by atoms with Gasteiger partial charge in [0.15, 0.2) is 0 Å². The van der Waals surface area contributed by atoms with Crippen LogP contribution in [0.2, 0.25) is 0 Å². The molecule has 0 bridgehead atoms. The van der Waals surface area contributed by atoms with Crippen molar-refractivity contribution in [3.63, 3.8) is 0 Å². The second-order valence-corrected chi connectivity index (χ2v) is 6.33. The Morgan fingerprint density at radius 3 is 2.33 bits per heavy atom. The second kappa shape index (κ2) is 8.90. The molecule has 0 saturated carbocycles. The lowest BCUT2D eigenvalue weighted by Gasteiger charge is -2.24. The van der Waals surface area contributed by atoms with Crippen LogP contribution < -0.4 is 15.0 Å². The van der Waals surface area contributed by atoms with Gasteiger partial charge in [0.1, 0.15) is 18.5 Å². The molecule has 0 aromatic heterocycles. The van der Waals surface area contributed by atoms with Gasteiger partial charge in [0.2, 0.25) is 0 Å². The van der Waals surface area contributed by atoms with Crippen molar-refractivity contribution in [2.24, 2.45) is 0 Å². The van der Waals surface area contributed by atoms with Crippen molar-refractivity contribution in [1.29, 1.82) is 0 Å². The first-order valence-electron chi connectivity index (χ1n) is 8.87. The highest BCUT2D eigenvalue weighted by Gasteiger charge is 2.12. The van der Waals surface area contributed by atoms with E-state index in [1.54, 1.807) is 0 Å². The number of ether oxygens (including phenoxy) is 1. The van der Waals surface area contributed by atoms with Crippen molar-refractivity contribution in [2.75, 3.05) is 31.1 Å². The van der Waals surface area contributed by atoms with Crippen LogP contribution >= 0.6 is 0 Å². The number of aliphatic hydroxyl groups is 1. The first-order valence-corrected chi connectivity index (χ1v) is 8.87. The van der Waals surface area contributed by atoms with E-state index in [9.17, 15) is 5.11 Å². The Bertz CT molecular complexity index is 639. The molecule has 0 spiro atoms. The molecule has 0 aliphatic carbocycles. The molecule has 1 atom stereocenters. The highest BCUT2D eigenvalue weighted by atomic mass is 16.5. The number of rotatable bonds is 9. The van der Waals surface area contributed by atoms with Crippen LogP contribution in [0.1, 0.15) is 27.7 Å². The minimum atomic E-state index is -0.520. The van der Waals surface area contributed by atoms with Gasteiger partial charge in [0.25, 0.3) is 0 Å². The van der Waals surface area contributed by atoms with Crippen LogP contribution in [0.5, 0.6) is 5.75 Å². The fourth-order valence-electron chi connectivity index (χ4n) is 2.84. The molecule has 4 heteroatoms. The molecular weight excluding hydrogens is 300 g/mol. The Labute approximate surface area is 145 Å². The van der Waals surface area contributed by atoms with Crippen LogP contribution in [0.4, 0.5) is 5.69 Å². The van der Waals surface area contributed by atoms with Crippen LogP contribution in [0, 0.1) is 0 Å². The molecule has 2 rings (SSSR count). The molecule has 0 aliphatic heterocycles. The number of nitrogens with one attached hydrogen (secondary N) is 1. The van der Waals surface area contributed by atoms with Crippen LogP contribution in [-0.4, -0.2) is 43.5 Å². The summed E-state index contributed by atoms with van der Waals surface area (Å²) in [5.41, 5.74) is 1.23. The maximum atomic E-state index is 10.1. The van der Waals surface area contributed by atoms with Gasteiger partial charge in [-0.3, -0.25) is 0 Å². The van der Waals surface area contributed by atoms with Crippen molar-refractivity contribution >= 4 is 16.5 Å². The third-order valence-electron chi connectivity index (χ3n) is 4.16. The molecule has 4 nitrogen and oxygen atoms in total. The van der Waals surface area contributed by atoms with Crippen molar-refractivity contribution in [3.05, 3.63) is 36.4 Å². The van der Waals surface area contributed by atoms with Crippen molar-refractivity contribution in [3.8, 4) is 5.75 Å². The summed E-state index contributed by atoms with van der Waals surface area (Å²) >= 11 is 0. The summed E-state index contributed by atoms with van der Waals surface area (Å²) in [6, 6.07) is 12.8. The van der Waals surface area contributed by atoms with Crippen LogP contribution in [-0.2, 0) is 0 Å². The summed E-state index contributed by atoms with van der Waals surface area (Å²) < 4.78 is 5.91. The highest BCUT2D eigenvalue weighted by molar-refractivity contribution is 5.98. The molecule has 132 valence electrons. The molecule has 0 amide bonds. The zero-order chi connectivity index (χ0) is 17.5. The third-order valence-corrected chi connectivity index (χ3v) is 4.16. The Hall–Kier alpha value is -1.78. The fourth-order valence-corrected chi connectivity index (χ4v) is 2.84. The van der Waals surface area contributed by atoms with E-state index in [4.69, 9.17) is 4.74 Å². The third kappa shape index (κ3) is 4.62. The van der Waals surface area contributed by atoms with Gasteiger partial charge in [0, 0.05) is 42.1 Å². The zero-order valence-electron chi connectivity index (χ0n) is 15.2. The van der Waals surface area contributed by atoms with Gasteiger partial charge in [-0.15, -0.1) is 0 Å². The van der Waals surface area contributed by atoms with Gasteiger partial charge in [-0.2, -0.15) is 0 Å². The molecule has 0 heterocycles. The Kier molecular flexibility index (Phi) is 6.88. The first kappa shape index (κ1) is 18.6.